The third-order valence-corrected chi connectivity index (χ3v) is 5.66. The highest BCUT2D eigenvalue weighted by Gasteiger charge is 2.45. The summed E-state index contributed by atoms with van der Waals surface area (Å²) < 4.78 is 11.4. The maximum absolute atomic E-state index is 12.6. The Bertz CT molecular complexity index is 997. The molecule has 6 N–H and O–H groups in total. The van der Waals surface area contributed by atoms with E-state index in [1.54, 1.807) is 18.2 Å². The van der Waals surface area contributed by atoms with Gasteiger partial charge in [-0.15, -0.1) is 0 Å². The van der Waals surface area contributed by atoms with E-state index in [0.717, 1.165) is 12.1 Å². The van der Waals surface area contributed by atoms with E-state index in [0.29, 0.717) is 47.8 Å². The van der Waals surface area contributed by atoms with Crippen LogP contribution in [0.2, 0.25) is 0 Å². The van der Waals surface area contributed by atoms with Crippen molar-refractivity contribution in [2.24, 2.45) is 0 Å². The van der Waals surface area contributed by atoms with Crippen molar-refractivity contribution in [1.82, 2.24) is 9.97 Å². The molecule has 0 saturated carbocycles. The van der Waals surface area contributed by atoms with Crippen molar-refractivity contribution in [2.45, 2.75) is 70.7 Å². The minimum Gasteiger partial charge on any atom is -0.493 e. The van der Waals surface area contributed by atoms with Gasteiger partial charge in [-0.05, 0) is 37.5 Å². The van der Waals surface area contributed by atoms with Gasteiger partial charge in [0.05, 0.1) is 24.5 Å². The molecule has 2 aromatic rings. The number of nitrogens with zero attached hydrogens (tertiary/aromatic N) is 1. The van der Waals surface area contributed by atoms with E-state index >= 15 is 0 Å². The molecule has 182 valence electrons. The maximum atomic E-state index is 12.6. The van der Waals surface area contributed by atoms with Gasteiger partial charge in [-0.1, -0.05) is 20.8 Å². The first kappa shape index (κ1) is 25.1. The Labute approximate surface area is 192 Å². The lowest BCUT2D eigenvalue weighted by atomic mass is 10.1. The predicted molar refractivity (Wildman–Crippen MR) is 122 cm³/mol. The Hall–Kier alpha value is -2.50. The van der Waals surface area contributed by atoms with E-state index in [2.05, 4.69) is 15.3 Å². The Kier molecular flexibility index (Phi) is 8.44. The zero-order chi connectivity index (χ0) is 24.1. The van der Waals surface area contributed by atoms with Gasteiger partial charge in [-0.25, -0.2) is 4.98 Å². The maximum Gasteiger partial charge on any atom is 0.254 e. The smallest absolute Gasteiger partial charge is 0.254 e. The van der Waals surface area contributed by atoms with E-state index in [4.69, 9.17) is 14.6 Å². The van der Waals surface area contributed by atoms with Crippen LogP contribution in [0.4, 0.5) is 5.69 Å². The Morgan fingerprint density at radius 1 is 1.21 bits per heavy atom. The minimum atomic E-state index is -1.37. The van der Waals surface area contributed by atoms with E-state index in [1.165, 1.54) is 0 Å². The van der Waals surface area contributed by atoms with Gasteiger partial charge in [0.1, 0.15) is 36.0 Å². The standard InChI is InChI=1S/C23H33N3O7/c1-4-9-32-17-8-7-12(24-23-19(30)18(29)20(33-23)16(28)11-27)10-14(17)21-25-15(6-3)13(5-2)22(31)26-21/h7-8,10,16,18-20,23-24,27-30H,4-6,9,11H2,1-3H3,(H,25,26,31). The monoisotopic (exact) mass is 463 g/mol. The van der Waals surface area contributed by atoms with Gasteiger partial charge in [-0.2, -0.15) is 0 Å². The van der Waals surface area contributed by atoms with Gasteiger partial charge < -0.3 is 40.2 Å². The van der Waals surface area contributed by atoms with Crippen LogP contribution in [0.25, 0.3) is 11.4 Å². The van der Waals surface area contributed by atoms with Gasteiger partial charge in [0, 0.05) is 11.3 Å². The summed E-state index contributed by atoms with van der Waals surface area (Å²) in [6.45, 7) is 5.71. The molecule has 5 unspecified atom stereocenters. The van der Waals surface area contributed by atoms with Gasteiger partial charge in [-0.3, -0.25) is 4.79 Å². The molecule has 1 aromatic heterocycles. The number of hydrogen-bond donors (Lipinski definition) is 6. The number of nitrogens with one attached hydrogen (secondary N) is 2. The van der Waals surface area contributed by atoms with Gasteiger partial charge in [0.25, 0.3) is 5.56 Å². The molecule has 0 bridgehead atoms. The molecule has 10 nitrogen and oxygen atoms in total. The highest BCUT2D eigenvalue weighted by atomic mass is 16.6. The van der Waals surface area contributed by atoms with Crippen molar-refractivity contribution in [3.05, 3.63) is 39.8 Å². The molecular formula is C23H33N3O7. The highest BCUT2D eigenvalue weighted by Crippen LogP contribution is 2.33. The van der Waals surface area contributed by atoms with Crippen molar-refractivity contribution in [3.63, 3.8) is 0 Å². The summed E-state index contributed by atoms with van der Waals surface area (Å²) in [5.41, 5.74) is 2.25. The summed E-state index contributed by atoms with van der Waals surface area (Å²) in [4.78, 5) is 20.2. The second kappa shape index (κ2) is 11.1. The topological polar surface area (TPSA) is 157 Å². The van der Waals surface area contributed by atoms with Gasteiger partial charge in [0.15, 0.2) is 6.23 Å². The van der Waals surface area contributed by atoms with Crippen LogP contribution in [0.15, 0.2) is 23.0 Å². The molecule has 1 aliphatic rings. The fourth-order valence-corrected chi connectivity index (χ4v) is 3.88. The number of aryl methyl sites for hydroxylation is 1. The molecule has 10 heteroatoms. The van der Waals surface area contributed by atoms with Crippen LogP contribution in [0.5, 0.6) is 5.75 Å². The first-order valence-electron chi connectivity index (χ1n) is 11.3. The summed E-state index contributed by atoms with van der Waals surface area (Å²) in [6.07, 6.45) is -4.21. The fraction of sp³-hybridized carbons (Fsp3) is 0.565. The number of aliphatic hydroxyl groups excluding tert-OH is 4. The molecule has 0 spiro atoms. The highest BCUT2D eigenvalue weighted by molar-refractivity contribution is 5.70. The zero-order valence-corrected chi connectivity index (χ0v) is 19.1. The number of benzene rings is 1. The van der Waals surface area contributed by atoms with Crippen LogP contribution in [-0.4, -0.2) is 74.3 Å². The number of ether oxygens (including phenoxy) is 2. The quantitative estimate of drug-likeness (QED) is 0.296. The average Bonchev–Trinajstić information content (AvgIpc) is 3.10. The van der Waals surface area contributed by atoms with Crippen LogP contribution in [-0.2, 0) is 17.6 Å². The van der Waals surface area contributed by atoms with Gasteiger partial charge in [0.2, 0.25) is 0 Å². The first-order chi connectivity index (χ1) is 15.8. The molecule has 1 saturated heterocycles. The normalized spacial score (nSPS) is 23.5. The van der Waals surface area contributed by atoms with E-state index in [1.807, 2.05) is 20.8 Å². The number of anilines is 1. The third kappa shape index (κ3) is 5.36. The third-order valence-electron chi connectivity index (χ3n) is 5.66. The molecular weight excluding hydrogens is 430 g/mol. The average molecular weight is 464 g/mol. The van der Waals surface area contributed by atoms with Crippen LogP contribution in [0.1, 0.15) is 38.4 Å². The van der Waals surface area contributed by atoms with Crippen molar-refractivity contribution >= 4 is 5.69 Å². The Balaban J connectivity index is 1.96. The molecule has 3 rings (SSSR count). The lowest BCUT2D eigenvalue weighted by Gasteiger charge is -2.20. The summed E-state index contributed by atoms with van der Waals surface area (Å²) in [5.74, 6) is 0.906. The summed E-state index contributed by atoms with van der Waals surface area (Å²) in [5, 5.41) is 42.5. The zero-order valence-electron chi connectivity index (χ0n) is 19.1. The largest absolute Gasteiger partial charge is 0.493 e. The fourth-order valence-electron chi connectivity index (χ4n) is 3.88. The first-order valence-corrected chi connectivity index (χ1v) is 11.3. The minimum absolute atomic E-state index is 0.197. The van der Waals surface area contributed by atoms with Crippen LogP contribution in [0.3, 0.4) is 0 Å². The number of aromatic nitrogens is 2. The van der Waals surface area contributed by atoms with E-state index in [-0.39, 0.29) is 5.56 Å². The van der Waals surface area contributed by atoms with Crippen molar-refractivity contribution < 1.29 is 29.9 Å². The Morgan fingerprint density at radius 3 is 2.61 bits per heavy atom. The van der Waals surface area contributed by atoms with Crippen molar-refractivity contribution in [3.8, 4) is 17.1 Å². The molecule has 0 aliphatic carbocycles. The second-order valence-electron chi connectivity index (χ2n) is 8.00. The lowest BCUT2D eigenvalue weighted by Crippen LogP contribution is -2.40. The van der Waals surface area contributed by atoms with Crippen LogP contribution in [0, 0.1) is 0 Å². The van der Waals surface area contributed by atoms with Gasteiger partial charge >= 0.3 is 0 Å². The SMILES string of the molecule is CCCOc1ccc(NC2OC(C(O)CO)C(O)C2O)cc1-c1nc(CC)c(CC)c(=O)[nH]1. The molecule has 1 aromatic carbocycles. The van der Waals surface area contributed by atoms with Crippen LogP contribution >= 0.6 is 0 Å². The summed E-state index contributed by atoms with van der Waals surface area (Å²) >= 11 is 0. The molecule has 0 amide bonds. The molecule has 1 fully saturated rings. The lowest BCUT2D eigenvalue weighted by molar-refractivity contribution is -0.0774. The number of H-pyrrole nitrogens is 1. The summed E-state index contributed by atoms with van der Waals surface area (Å²) in [6, 6.07) is 5.16. The molecule has 0 radical (unpaired) electrons. The second-order valence-corrected chi connectivity index (χ2v) is 8.00. The number of aromatic amines is 1. The predicted octanol–water partition coefficient (Wildman–Crippen LogP) is 0.562. The Morgan fingerprint density at radius 2 is 1.97 bits per heavy atom. The van der Waals surface area contributed by atoms with E-state index < -0.39 is 37.3 Å². The van der Waals surface area contributed by atoms with Crippen molar-refractivity contribution in [1.29, 1.82) is 0 Å². The summed E-state index contributed by atoms with van der Waals surface area (Å²) in [7, 11) is 0. The number of aliphatic hydroxyl groups is 4. The molecule has 5 atom stereocenters. The molecule has 33 heavy (non-hydrogen) atoms. The number of hydrogen-bond acceptors (Lipinski definition) is 9. The van der Waals surface area contributed by atoms with E-state index in [9.17, 15) is 20.1 Å². The van der Waals surface area contributed by atoms with Crippen LogP contribution < -0.4 is 15.6 Å². The number of rotatable bonds is 10. The molecule has 1 aliphatic heterocycles. The molecule has 2 heterocycles. The van der Waals surface area contributed by atoms with Crippen molar-refractivity contribution in [2.75, 3.05) is 18.5 Å².